The molecule has 0 atom stereocenters. The van der Waals surface area contributed by atoms with Gasteiger partial charge in [0.25, 0.3) is 0 Å². The Bertz CT molecular complexity index is 1820. The number of nitrogens with zero attached hydrogens (tertiary/aromatic N) is 3. The largest absolute Gasteiger partial charge is 0.495 e. The second kappa shape index (κ2) is 13.0. The molecule has 3 aromatic carbocycles. The Morgan fingerprint density at radius 3 is 2.41 bits per heavy atom. The van der Waals surface area contributed by atoms with E-state index >= 15 is 4.39 Å². The molecule has 1 aliphatic heterocycles. The third kappa shape index (κ3) is 6.28. The Hall–Kier alpha value is -5.26. The standard InChI is InChI=1S/C34H33F2N5O5/c1-4-30(42)41-13-11-21(12-14-41)46-29-16-23-25(17-28(29)45-3)37-18-38-33(23)39-26-15-20(7-10-27(26)44-2)22-8-9-24(35)32(31(22)36)40-34(43)19-5-6-19/h4,7-10,15-19,21H,1,5-6,11-14H2,2-3H3,(H,40,43)(H,37,38,39). The Morgan fingerprint density at radius 2 is 1.72 bits per heavy atom. The summed E-state index contributed by atoms with van der Waals surface area (Å²) in [5.41, 5.74) is 1.11. The molecule has 4 aromatic rings. The topological polar surface area (TPSA) is 115 Å². The summed E-state index contributed by atoms with van der Waals surface area (Å²) in [5, 5.41) is 6.32. The number of fused-ring (bicyclic) bond motifs is 1. The predicted octanol–water partition coefficient (Wildman–Crippen LogP) is 6.24. The number of carbonyl (C=O) groups excluding carboxylic acids is 2. The van der Waals surface area contributed by atoms with Crippen molar-refractivity contribution in [1.82, 2.24) is 14.9 Å². The maximum atomic E-state index is 15.6. The molecule has 1 aliphatic carbocycles. The zero-order valence-electron chi connectivity index (χ0n) is 25.4. The summed E-state index contributed by atoms with van der Waals surface area (Å²) in [5.74, 6) is -0.553. The lowest BCUT2D eigenvalue weighted by Crippen LogP contribution is -2.41. The molecule has 2 fully saturated rings. The molecule has 10 nitrogen and oxygen atoms in total. The molecule has 238 valence electrons. The molecule has 1 aromatic heterocycles. The van der Waals surface area contributed by atoms with Gasteiger partial charge in [0, 0.05) is 48.9 Å². The molecule has 1 saturated carbocycles. The Labute approximate surface area is 264 Å². The molecule has 6 rings (SSSR count). The van der Waals surface area contributed by atoms with Gasteiger partial charge < -0.3 is 29.7 Å². The second-order valence-corrected chi connectivity index (χ2v) is 11.2. The molecule has 1 saturated heterocycles. The molecule has 2 amide bonds. The van der Waals surface area contributed by atoms with Gasteiger partial charge >= 0.3 is 0 Å². The van der Waals surface area contributed by atoms with Gasteiger partial charge in [-0.25, -0.2) is 18.7 Å². The van der Waals surface area contributed by atoms with Gasteiger partial charge in [-0.15, -0.1) is 0 Å². The SMILES string of the molecule is C=CC(=O)N1CCC(Oc2cc3c(Nc4cc(-c5ccc(F)c(NC(=O)C6CC6)c5F)ccc4OC)ncnc3cc2OC)CC1. The summed E-state index contributed by atoms with van der Waals surface area (Å²) >= 11 is 0. The molecule has 0 spiro atoms. The number of piperidine rings is 1. The van der Waals surface area contributed by atoms with Crippen molar-refractivity contribution >= 4 is 39.9 Å². The summed E-state index contributed by atoms with van der Waals surface area (Å²) in [6, 6.07) is 11.0. The summed E-state index contributed by atoms with van der Waals surface area (Å²) in [6.45, 7) is 4.67. The van der Waals surface area contributed by atoms with E-state index in [9.17, 15) is 14.0 Å². The van der Waals surface area contributed by atoms with Crippen molar-refractivity contribution in [1.29, 1.82) is 0 Å². The van der Waals surface area contributed by atoms with Crippen LogP contribution in [0.3, 0.4) is 0 Å². The minimum atomic E-state index is -0.869. The molecule has 0 unspecified atom stereocenters. The van der Waals surface area contributed by atoms with Crippen molar-refractivity contribution in [2.75, 3.05) is 37.9 Å². The Balaban J connectivity index is 1.30. The van der Waals surface area contributed by atoms with Gasteiger partial charge in [-0.05, 0) is 54.8 Å². The molecular formula is C34H33F2N5O5. The average molecular weight is 630 g/mol. The van der Waals surface area contributed by atoms with Crippen LogP contribution in [0.1, 0.15) is 25.7 Å². The average Bonchev–Trinajstić information content (AvgIpc) is 3.93. The van der Waals surface area contributed by atoms with Crippen molar-refractivity contribution in [3.63, 3.8) is 0 Å². The van der Waals surface area contributed by atoms with Crippen molar-refractivity contribution in [2.45, 2.75) is 31.8 Å². The molecule has 12 heteroatoms. The van der Waals surface area contributed by atoms with Crippen LogP contribution in [0.15, 0.2) is 61.4 Å². The maximum Gasteiger partial charge on any atom is 0.245 e. The summed E-state index contributed by atoms with van der Waals surface area (Å²) < 4.78 is 47.7. The molecule has 46 heavy (non-hydrogen) atoms. The number of amides is 2. The van der Waals surface area contributed by atoms with E-state index in [4.69, 9.17) is 14.2 Å². The van der Waals surface area contributed by atoms with Gasteiger partial charge in [0.2, 0.25) is 11.8 Å². The van der Waals surface area contributed by atoms with Crippen molar-refractivity contribution in [2.24, 2.45) is 5.92 Å². The number of hydrogen-bond donors (Lipinski definition) is 2. The molecule has 2 aliphatic rings. The van der Waals surface area contributed by atoms with Crippen molar-refractivity contribution in [3.8, 4) is 28.4 Å². The summed E-state index contributed by atoms with van der Waals surface area (Å²) in [6.07, 6.45) is 5.29. The number of carbonyl (C=O) groups is 2. The van der Waals surface area contributed by atoms with Crippen LogP contribution >= 0.6 is 0 Å². The highest BCUT2D eigenvalue weighted by Crippen LogP contribution is 2.40. The van der Waals surface area contributed by atoms with Crippen LogP contribution in [0.4, 0.5) is 26.0 Å². The van der Waals surface area contributed by atoms with Crippen molar-refractivity contribution in [3.05, 3.63) is 73.1 Å². The number of anilines is 3. The molecule has 2 heterocycles. The predicted molar refractivity (Wildman–Crippen MR) is 169 cm³/mol. The fraction of sp³-hybridized carbons (Fsp3) is 0.294. The van der Waals surface area contributed by atoms with Crippen LogP contribution in [0.2, 0.25) is 0 Å². The quantitative estimate of drug-likeness (QED) is 0.198. The second-order valence-electron chi connectivity index (χ2n) is 11.2. The minimum Gasteiger partial charge on any atom is -0.495 e. The van der Waals surface area contributed by atoms with Gasteiger partial charge in [-0.2, -0.15) is 0 Å². The number of aromatic nitrogens is 2. The first-order valence-electron chi connectivity index (χ1n) is 14.9. The number of nitrogens with one attached hydrogen (secondary N) is 2. The van der Waals surface area contributed by atoms with E-state index in [-0.39, 0.29) is 23.5 Å². The lowest BCUT2D eigenvalue weighted by molar-refractivity contribution is -0.127. The number of halogens is 2. The highest BCUT2D eigenvalue weighted by atomic mass is 19.1. The number of hydrogen-bond acceptors (Lipinski definition) is 8. The highest BCUT2D eigenvalue weighted by molar-refractivity contribution is 5.96. The van der Waals surface area contributed by atoms with Gasteiger partial charge in [-0.3, -0.25) is 9.59 Å². The Kier molecular flexibility index (Phi) is 8.69. The first-order valence-corrected chi connectivity index (χ1v) is 14.9. The molecular weight excluding hydrogens is 596 g/mol. The molecule has 2 N–H and O–H groups in total. The van der Waals surface area contributed by atoms with E-state index in [1.165, 1.54) is 25.6 Å². The highest BCUT2D eigenvalue weighted by Gasteiger charge is 2.31. The maximum absolute atomic E-state index is 15.6. The monoisotopic (exact) mass is 629 g/mol. The zero-order valence-corrected chi connectivity index (χ0v) is 25.4. The van der Waals surface area contributed by atoms with Crippen LogP contribution in [0.5, 0.6) is 17.2 Å². The minimum absolute atomic E-state index is 0.1000. The van der Waals surface area contributed by atoms with E-state index in [1.54, 1.807) is 42.3 Å². The van der Waals surface area contributed by atoms with E-state index in [1.807, 2.05) is 0 Å². The third-order valence-corrected chi connectivity index (χ3v) is 8.19. The molecule has 0 radical (unpaired) electrons. The normalized spacial score (nSPS) is 14.9. The van der Waals surface area contributed by atoms with E-state index in [2.05, 4.69) is 27.2 Å². The smallest absolute Gasteiger partial charge is 0.245 e. The van der Waals surface area contributed by atoms with Crippen molar-refractivity contribution < 1.29 is 32.6 Å². The lowest BCUT2D eigenvalue weighted by atomic mass is 10.0. The molecule has 0 bridgehead atoms. The van der Waals surface area contributed by atoms with Crippen LogP contribution in [-0.4, -0.2) is 60.1 Å². The van der Waals surface area contributed by atoms with Gasteiger partial charge in [0.15, 0.2) is 17.3 Å². The zero-order chi connectivity index (χ0) is 32.4. The van der Waals surface area contributed by atoms with Crippen LogP contribution in [0, 0.1) is 17.6 Å². The first-order chi connectivity index (χ1) is 22.3. The Morgan fingerprint density at radius 1 is 0.957 bits per heavy atom. The third-order valence-electron chi connectivity index (χ3n) is 8.19. The fourth-order valence-corrected chi connectivity index (χ4v) is 5.48. The van der Waals surface area contributed by atoms with Gasteiger partial charge in [0.05, 0.1) is 25.4 Å². The van der Waals surface area contributed by atoms with Gasteiger partial charge in [-0.1, -0.05) is 12.6 Å². The van der Waals surface area contributed by atoms with E-state index in [0.29, 0.717) is 84.0 Å². The lowest BCUT2D eigenvalue weighted by Gasteiger charge is -2.31. The number of rotatable bonds is 10. The number of likely N-dealkylation sites (tertiary alicyclic amines) is 1. The van der Waals surface area contributed by atoms with Crippen LogP contribution < -0.4 is 24.8 Å². The van der Waals surface area contributed by atoms with Crippen LogP contribution in [-0.2, 0) is 9.59 Å². The number of ether oxygens (including phenoxy) is 3. The van der Waals surface area contributed by atoms with Gasteiger partial charge in [0.1, 0.15) is 35.5 Å². The summed E-state index contributed by atoms with van der Waals surface area (Å²) in [4.78, 5) is 34.9. The fourth-order valence-electron chi connectivity index (χ4n) is 5.48. The van der Waals surface area contributed by atoms with E-state index < -0.39 is 23.2 Å². The van der Waals surface area contributed by atoms with E-state index in [0.717, 1.165) is 6.07 Å². The summed E-state index contributed by atoms with van der Waals surface area (Å²) in [7, 11) is 3.06. The first kappa shape index (κ1) is 30.8. The number of methoxy groups -OCH3 is 2. The van der Waals surface area contributed by atoms with Crippen LogP contribution in [0.25, 0.3) is 22.0 Å². The number of benzene rings is 3.